The Labute approximate surface area is 180 Å². The first-order valence-corrected chi connectivity index (χ1v) is 12.5. The lowest BCUT2D eigenvalue weighted by atomic mass is 9.85. The number of ether oxygens (including phenoxy) is 2. The van der Waals surface area contributed by atoms with Crippen LogP contribution in [0.4, 0.5) is 0 Å². The van der Waals surface area contributed by atoms with E-state index in [1.165, 1.54) is 32.4 Å². The molecule has 6 saturated heterocycles. The second-order valence-corrected chi connectivity index (χ2v) is 10.3. The number of fused-ring (bicyclic) bond motifs is 3. The minimum atomic E-state index is 0.193. The van der Waals surface area contributed by atoms with Crippen LogP contribution >= 0.6 is 0 Å². The summed E-state index contributed by atoms with van der Waals surface area (Å²) in [4.78, 5) is 5.16. The maximum atomic E-state index is 6.75. The van der Waals surface area contributed by atoms with Crippen molar-refractivity contribution in [1.82, 2.24) is 31.1 Å². The summed E-state index contributed by atoms with van der Waals surface area (Å²) in [5.74, 6) is 0.802. The molecular formula is C22H40N6O2. The maximum absolute atomic E-state index is 6.75. The molecular weight excluding hydrogens is 380 g/mol. The first-order valence-electron chi connectivity index (χ1n) is 12.5. The average molecular weight is 421 g/mol. The largest absolute Gasteiger partial charge is 0.357 e. The monoisotopic (exact) mass is 420 g/mol. The second-order valence-electron chi connectivity index (χ2n) is 10.3. The molecule has 0 saturated carbocycles. The fourth-order valence-electron chi connectivity index (χ4n) is 6.74. The smallest absolute Gasteiger partial charge is 0.123 e. The van der Waals surface area contributed by atoms with Crippen molar-refractivity contribution in [3.63, 3.8) is 0 Å². The highest BCUT2D eigenvalue weighted by atomic mass is 16.5. The van der Waals surface area contributed by atoms with E-state index in [1.807, 2.05) is 0 Å². The lowest BCUT2D eigenvalue weighted by molar-refractivity contribution is -0.194. The zero-order valence-electron chi connectivity index (χ0n) is 18.2. The normalized spacial score (nSPS) is 48.4. The van der Waals surface area contributed by atoms with Crippen LogP contribution < -0.4 is 21.3 Å². The molecule has 8 nitrogen and oxygen atoms in total. The third-order valence-electron chi connectivity index (χ3n) is 8.52. The van der Waals surface area contributed by atoms with Gasteiger partial charge in [-0.3, -0.25) is 9.80 Å². The summed E-state index contributed by atoms with van der Waals surface area (Å²) < 4.78 is 13.3. The van der Waals surface area contributed by atoms with Gasteiger partial charge in [0.25, 0.3) is 0 Å². The lowest BCUT2D eigenvalue weighted by Crippen LogP contribution is -2.68. The van der Waals surface area contributed by atoms with E-state index < -0.39 is 0 Å². The molecule has 6 fully saturated rings. The number of nitrogens with one attached hydrogen (secondary N) is 4. The summed E-state index contributed by atoms with van der Waals surface area (Å²) in [5.41, 5.74) is 0. The van der Waals surface area contributed by atoms with E-state index in [0.29, 0.717) is 18.2 Å². The Bertz CT molecular complexity index is 548. The van der Waals surface area contributed by atoms with Crippen molar-refractivity contribution >= 4 is 0 Å². The first-order chi connectivity index (χ1) is 14.8. The predicted molar refractivity (Wildman–Crippen MR) is 115 cm³/mol. The Hall–Kier alpha value is -0.320. The number of morpholine rings is 2. The Kier molecular flexibility index (Phi) is 6.02. The van der Waals surface area contributed by atoms with E-state index >= 15 is 0 Å². The van der Waals surface area contributed by atoms with Gasteiger partial charge < -0.3 is 30.7 Å². The minimum Gasteiger partial charge on any atom is -0.357 e. The van der Waals surface area contributed by atoms with Crippen LogP contribution in [0.2, 0.25) is 0 Å². The van der Waals surface area contributed by atoms with Gasteiger partial charge in [-0.2, -0.15) is 0 Å². The van der Waals surface area contributed by atoms with Gasteiger partial charge in [0.1, 0.15) is 12.5 Å². The predicted octanol–water partition coefficient (Wildman–Crippen LogP) is -0.874. The quantitative estimate of drug-likeness (QED) is 0.459. The first kappa shape index (κ1) is 20.3. The van der Waals surface area contributed by atoms with E-state index in [-0.39, 0.29) is 18.6 Å². The van der Waals surface area contributed by atoms with Crippen LogP contribution in [0, 0.1) is 5.92 Å². The summed E-state index contributed by atoms with van der Waals surface area (Å²) >= 11 is 0. The molecule has 0 aliphatic carbocycles. The zero-order valence-corrected chi connectivity index (χ0v) is 18.2. The molecule has 8 atom stereocenters. The third kappa shape index (κ3) is 4.06. The molecule has 30 heavy (non-hydrogen) atoms. The van der Waals surface area contributed by atoms with E-state index in [1.54, 1.807) is 0 Å². The van der Waals surface area contributed by atoms with Crippen molar-refractivity contribution in [1.29, 1.82) is 0 Å². The number of hydrogen-bond acceptors (Lipinski definition) is 8. The highest BCUT2D eigenvalue weighted by molar-refractivity contribution is 4.96. The summed E-state index contributed by atoms with van der Waals surface area (Å²) in [6.45, 7) is 9.65. The van der Waals surface area contributed by atoms with Gasteiger partial charge in [0.15, 0.2) is 0 Å². The van der Waals surface area contributed by atoms with Crippen LogP contribution in [-0.2, 0) is 9.47 Å². The Morgan fingerprint density at radius 3 is 2.30 bits per heavy atom. The Balaban J connectivity index is 1.05. The van der Waals surface area contributed by atoms with Crippen LogP contribution in [0.5, 0.6) is 0 Å². The molecule has 0 spiro atoms. The lowest BCUT2D eigenvalue weighted by Gasteiger charge is -2.51. The van der Waals surface area contributed by atoms with Gasteiger partial charge in [-0.15, -0.1) is 0 Å². The highest BCUT2D eigenvalue weighted by Crippen LogP contribution is 2.29. The molecule has 6 heterocycles. The van der Waals surface area contributed by atoms with Gasteiger partial charge in [0.2, 0.25) is 0 Å². The van der Waals surface area contributed by atoms with Gasteiger partial charge in [-0.1, -0.05) is 0 Å². The van der Waals surface area contributed by atoms with Crippen LogP contribution in [0.1, 0.15) is 32.1 Å². The minimum absolute atomic E-state index is 0.193. The summed E-state index contributed by atoms with van der Waals surface area (Å²) in [7, 11) is 0. The number of nitrogens with zero attached hydrogens (tertiary/aromatic N) is 2. The van der Waals surface area contributed by atoms with Gasteiger partial charge in [-0.25, -0.2) is 0 Å². The van der Waals surface area contributed by atoms with Crippen molar-refractivity contribution in [2.75, 3.05) is 58.9 Å². The molecule has 8 unspecified atom stereocenters. The van der Waals surface area contributed by atoms with Gasteiger partial charge >= 0.3 is 0 Å². The Morgan fingerprint density at radius 2 is 1.40 bits per heavy atom. The van der Waals surface area contributed by atoms with Gasteiger partial charge in [-0.05, 0) is 51.1 Å². The summed E-state index contributed by atoms with van der Waals surface area (Å²) in [6, 6.07) is 1.70. The van der Waals surface area contributed by atoms with Crippen molar-refractivity contribution < 1.29 is 9.47 Å². The van der Waals surface area contributed by atoms with E-state index in [9.17, 15) is 0 Å². The number of likely N-dealkylation sites (tertiary alicyclic amines) is 2. The number of hydrogen-bond donors (Lipinski definition) is 4. The molecule has 0 aromatic carbocycles. The van der Waals surface area contributed by atoms with Gasteiger partial charge in [0, 0.05) is 63.9 Å². The second kappa shape index (κ2) is 8.90. The molecule has 8 heteroatoms. The van der Waals surface area contributed by atoms with Crippen molar-refractivity contribution in [2.24, 2.45) is 5.92 Å². The van der Waals surface area contributed by atoms with Crippen LogP contribution in [0.3, 0.4) is 0 Å². The fourth-order valence-corrected chi connectivity index (χ4v) is 6.74. The standard InChI is InChI=1S/C22H40N6O2/c1-2-15-13-27(8-4-16(15)24-6-1)21-11-25-17-5-9-28(14-20(17)30-21)22-12-26-18-10-23-7-3-19(18)29-22/h15-26H,1-14H2. The van der Waals surface area contributed by atoms with E-state index in [2.05, 4.69) is 31.1 Å². The summed E-state index contributed by atoms with van der Waals surface area (Å²) in [5, 5.41) is 14.8. The molecule has 0 bridgehead atoms. The van der Waals surface area contributed by atoms with Crippen LogP contribution in [-0.4, -0.2) is 111 Å². The third-order valence-corrected chi connectivity index (χ3v) is 8.52. The summed E-state index contributed by atoms with van der Waals surface area (Å²) in [6.07, 6.45) is 7.28. The maximum Gasteiger partial charge on any atom is 0.123 e. The number of piperidine rings is 4. The highest BCUT2D eigenvalue weighted by Gasteiger charge is 2.43. The molecule has 170 valence electrons. The van der Waals surface area contributed by atoms with Crippen molar-refractivity contribution in [2.45, 2.75) is 74.9 Å². The fraction of sp³-hybridized carbons (Fsp3) is 1.00. The number of rotatable bonds is 2. The molecule has 0 amide bonds. The Morgan fingerprint density at radius 1 is 0.633 bits per heavy atom. The molecule has 4 N–H and O–H groups in total. The molecule has 0 radical (unpaired) electrons. The molecule has 6 aliphatic rings. The molecule has 0 aromatic heterocycles. The molecule has 0 aromatic rings. The van der Waals surface area contributed by atoms with Crippen molar-refractivity contribution in [3.8, 4) is 0 Å². The topological polar surface area (TPSA) is 73.1 Å². The van der Waals surface area contributed by atoms with Crippen LogP contribution in [0.25, 0.3) is 0 Å². The van der Waals surface area contributed by atoms with Gasteiger partial charge in [0.05, 0.1) is 12.2 Å². The average Bonchev–Trinajstić information content (AvgIpc) is 2.82. The SMILES string of the molecule is C1CNC2CCN(C3CNC4CCN(C5CNC6CNCCC6O5)CC4O3)CC2C1. The van der Waals surface area contributed by atoms with E-state index in [4.69, 9.17) is 9.47 Å². The van der Waals surface area contributed by atoms with E-state index in [0.717, 1.165) is 70.6 Å². The zero-order chi connectivity index (χ0) is 19.9. The van der Waals surface area contributed by atoms with Crippen molar-refractivity contribution in [3.05, 3.63) is 0 Å². The van der Waals surface area contributed by atoms with Crippen LogP contribution in [0.15, 0.2) is 0 Å². The molecule has 6 rings (SSSR count). The molecule has 6 aliphatic heterocycles.